The van der Waals surface area contributed by atoms with Gasteiger partial charge < -0.3 is 4.74 Å². The van der Waals surface area contributed by atoms with Crippen molar-refractivity contribution in [2.45, 2.75) is 18.4 Å². The van der Waals surface area contributed by atoms with Gasteiger partial charge in [-0.25, -0.2) is 9.97 Å². The Balaban J connectivity index is 2.42. The first-order valence-corrected chi connectivity index (χ1v) is 5.71. The van der Waals surface area contributed by atoms with Crippen LogP contribution in [0.2, 0.25) is 5.28 Å². The van der Waals surface area contributed by atoms with E-state index in [1.807, 2.05) is 13.0 Å². The second-order valence-corrected chi connectivity index (χ2v) is 4.26. The lowest BCUT2D eigenvalue weighted by Gasteiger charge is -2.01. The van der Waals surface area contributed by atoms with Crippen LogP contribution in [-0.4, -0.2) is 29.4 Å². The summed E-state index contributed by atoms with van der Waals surface area (Å²) < 4.78 is 4.96. The summed E-state index contributed by atoms with van der Waals surface area (Å²) in [6.07, 6.45) is 1.02. The van der Waals surface area contributed by atoms with E-state index in [-0.39, 0.29) is 0 Å². The van der Waals surface area contributed by atoms with Crippen molar-refractivity contribution >= 4 is 23.4 Å². The Hall–Kier alpha value is -0.320. The zero-order valence-corrected chi connectivity index (χ0v) is 9.86. The first-order valence-electron chi connectivity index (χ1n) is 4.35. The molecule has 1 heterocycles. The molecule has 1 rings (SSSR count). The predicted octanol–water partition coefficient (Wildman–Crippen LogP) is 2.57. The molecule has 1 aromatic heterocycles. The van der Waals surface area contributed by atoms with Crippen molar-refractivity contribution in [1.29, 1.82) is 0 Å². The molecule has 0 spiro atoms. The molecule has 0 aliphatic heterocycles. The highest BCUT2D eigenvalue weighted by atomic mass is 35.5. The van der Waals surface area contributed by atoms with Gasteiger partial charge in [0.05, 0.1) is 0 Å². The van der Waals surface area contributed by atoms with Gasteiger partial charge in [-0.15, -0.1) is 11.8 Å². The highest BCUT2D eigenvalue weighted by Crippen LogP contribution is 2.18. The fraction of sp³-hybridized carbons (Fsp3) is 0.556. The van der Waals surface area contributed by atoms with Gasteiger partial charge in [0, 0.05) is 25.2 Å². The van der Waals surface area contributed by atoms with Crippen LogP contribution in [0.25, 0.3) is 0 Å². The van der Waals surface area contributed by atoms with Gasteiger partial charge in [-0.3, -0.25) is 0 Å². The van der Waals surface area contributed by atoms with Crippen molar-refractivity contribution < 1.29 is 4.74 Å². The fourth-order valence-electron chi connectivity index (χ4n) is 0.959. The van der Waals surface area contributed by atoms with E-state index < -0.39 is 0 Å². The summed E-state index contributed by atoms with van der Waals surface area (Å²) in [6.45, 7) is 2.69. The number of halogens is 1. The average Bonchev–Trinajstić information content (AvgIpc) is 2.11. The second-order valence-electron chi connectivity index (χ2n) is 2.81. The van der Waals surface area contributed by atoms with Gasteiger partial charge in [0.25, 0.3) is 0 Å². The number of hydrogen-bond acceptors (Lipinski definition) is 4. The second kappa shape index (κ2) is 6.22. The minimum atomic E-state index is 0.319. The number of methoxy groups -OCH3 is 1. The van der Waals surface area contributed by atoms with Crippen LogP contribution in [0.5, 0.6) is 0 Å². The van der Waals surface area contributed by atoms with Crippen LogP contribution >= 0.6 is 23.4 Å². The SMILES string of the molecule is COCCCSc1cc(C)nc(Cl)n1. The average molecular weight is 233 g/mol. The molecule has 14 heavy (non-hydrogen) atoms. The Labute approximate surface area is 93.2 Å². The summed E-state index contributed by atoms with van der Waals surface area (Å²) in [4.78, 5) is 8.10. The molecule has 0 fully saturated rings. The zero-order valence-electron chi connectivity index (χ0n) is 8.29. The molecule has 0 atom stereocenters. The van der Waals surface area contributed by atoms with Crippen molar-refractivity contribution in [1.82, 2.24) is 9.97 Å². The third-order valence-corrected chi connectivity index (χ3v) is 2.71. The minimum absolute atomic E-state index is 0.319. The van der Waals surface area contributed by atoms with Gasteiger partial charge in [0.1, 0.15) is 5.03 Å². The Bertz CT molecular complexity index is 276. The molecule has 0 N–H and O–H groups in total. The van der Waals surface area contributed by atoms with E-state index in [1.165, 1.54) is 0 Å². The monoisotopic (exact) mass is 232 g/mol. The van der Waals surface area contributed by atoms with Crippen LogP contribution in [0, 0.1) is 6.92 Å². The highest BCUT2D eigenvalue weighted by Gasteiger charge is 2.00. The van der Waals surface area contributed by atoms with Gasteiger partial charge in [-0.2, -0.15) is 0 Å². The van der Waals surface area contributed by atoms with Crippen LogP contribution in [-0.2, 0) is 4.74 Å². The summed E-state index contributed by atoms with van der Waals surface area (Å²) in [5, 5.41) is 1.25. The highest BCUT2D eigenvalue weighted by molar-refractivity contribution is 7.99. The van der Waals surface area contributed by atoms with Gasteiger partial charge in [-0.1, -0.05) is 0 Å². The number of ether oxygens (including phenoxy) is 1. The number of aryl methyl sites for hydroxylation is 1. The lowest BCUT2D eigenvalue weighted by atomic mass is 10.5. The Morgan fingerprint density at radius 1 is 1.50 bits per heavy atom. The molecule has 5 heteroatoms. The van der Waals surface area contributed by atoms with E-state index >= 15 is 0 Å². The Morgan fingerprint density at radius 2 is 2.29 bits per heavy atom. The molecule has 0 amide bonds. The van der Waals surface area contributed by atoms with Crippen LogP contribution in [0.3, 0.4) is 0 Å². The fourth-order valence-corrected chi connectivity index (χ4v) is 2.11. The normalized spacial score (nSPS) is 10.5. The first kappa shape index (κ1) is 11.8. The van der Waals surface area contributed by atoms with Gasteiger partial charge >= 0.3 is 0 Å². The maximum atomic E-state index is 5.73. The standard InChI is InChI=1S/C9H13ClN2OS/c1-7-6-8(12-9(10)11-7)14-5-3-4-13-2/h6H,3-5H2,1-2H3. The molecular weight excluding hydrogens is 220 g/mol. The number of thioether (sulfide) groups is 1. The van der Waals surface area contributed by atoms with E-state index in [4.69, 9.17) is 16.3 Å². The van der Waals surface area contributed by atoms with Crippen LogP contribution in [0.15, 0.2) is 11.1 Å². The lowest BCUT2D eigenvalue weighted by molar-refractivity contribution is 0.200. The molecule has 0 aliphatic carbocycles. The summed E-state index contributed by atoms with van der Waals surface area (Å²) in [5.74, 6) is 0.987. The van der Waals surface area contributed by atoms with Crippen molar-refractivity contribution in [3.63, 3.8) is 0 Å². The Morgan fingerprint density at radius 3 is 2.93 bits per heavy atom. The first-order chi connectivity index (χ1) is 6.72. The molecule has 0 aromatic carbocycles. The van der Waals surface area contributed by atoms with E-state index in [1.54, 1.807) is 18.9 Å². The maximum Gasteiger partial charge on any atom is 0.223 e. The van der Waals surface area contributed by atoms with E-state index in [0.29, 0.717) is 5.28 Å². The molecule has 0 saturated heterocycles. The largest absolute Gasteiger partial charge is 0.385 e. The quantitative estimate of drug-likeness (QED) is 0.338. The van der Waals surface area contributed by atoms with Gasteiger partial charge in [0.15, 0.2) is 0 Å². The molecule has 0 bridgehead atoms. The number of aromatic nitrogens is 2. The third kappa shape index (κ3) is 4.26. The summed E-state index contributed by atoms with van der Waals surface area (Å²) in [6, 6.07) is 1.93. The van der Waals surface area contributed by atoms with Crippen molar-refractivity contribution in [3.05, 3.63) is 17.0 Å². The van der Waals surface area contributed by atoms with Crippen molar-refractivity contribution in [2.24, 2.45) is 0 Å². The van der Waals surface area contributed by atoms with Crippen LogP contribution in [0.1, 0.15) is 12.1 Å². The smallest absolute Gasteiger partial charge is 0.223 e. The Kier molecular flexibility index (Phi) is 5.22. The molecule has 3 nitrogen and oxygen atoms in total. The molecule has 0 unspecified atom stereocenters. The number of nitrogens with zero attached hydrogens (tertiary/aromatic N) is 2. The van der Waals surface area contributed by atoms with Crippen molar-refractivity contribution in [2.75, 3.05) is 19.5 Å². The summed E-state index contributed by atoms with van der Waals surface area (Å²) in [7, 11) is 1.70. The number of rotatable bonds is 5. The minimum Gasteiger partial charge on any atom is -0.385 e. The van der Waals surface area contributed by atoms with Gasteiger partial charge in [-0.05, 0) is 31.0 Å². The lowest BCUT2D eigenvalue weighted by Crippen LogP contribution is -1.93. The van der Waals surface area contributed by atoms with Crippen LogP contribution < -0.4 is 0 Å². The van der Waals surface area contributed by atoms with E-state index in [9.17, 15) is 0 Å². The topological polar surface area (TPSA) is 35.0 Å². The molecule has 0 aliphatic rings. The van der Waals surface area contributed by atoms with Crippen molar-refractivity contribution in [3.8, 4) is 0 Å². The predicted molar refractivity (Wildman–Crippen MR) is 59.0 cm³/mol. The third-order valence-electron chi connectivity index (χ3n) is 1.55. The van der Waals surface area contributed by atoms with E-state index in [2.05, 4.69) is 9.97 Å². The molecule has 0 radical (unpaired) electrons. The molecule has 0 saturated carbocycles. The summed E-state index contributed by atoms with van der Waals surface area (Å²) in [5.41, 5.74) is 0.902. The molecule has 78 valence electrons. The van der Waals surface area contributed by atoms with E-state index in [0.717, 1.165) is 29.5 Å². The molecule has 1 aromatic rings. The van der Waals surface area contributed by atoms with Crippen LogP contribution in [0.4, 0.5) is 0 Å². The van der Waals surface area contributed by atoms with Gasteiger partial charge in [0.2, 0.25) is 5.28 Å². The molecular formula is C9H13ClN2OS. The summed E-state index contributed by atoms with van der Waals surface area (Å²) >= 11 is 7.40. The zero-order chi connectivity index (χ0) is 10.4. The number of hydrogen-bond donors (Lipinski definition) is 0. The maximum absolute atomic E-state index is 5.73.